The molecule has 0 radical (unpaired) electrons. The Morgan fingerprint density at radius 2 is 1.68 bits per heavy atom. The first-order chi connectivity index (χ1) is 18.7. The van der Waals surface area contributed by atoms with Gasteiger partial charge in [-0.15, -0.1) is 10.2 Å². The lowest BCUT2D eigenvalue weighted by molar-refractivity contribution is 0.413. The fourth-order valence-electron chi connectivity index (χ4n) is 4.40. The summed E-state index contributed by atoms with van der Waals surface area (Å²) in [7, 11) is 3.70. The molecule has 0 fully saturated rings. The van der Waals surface area contributed by atoms with Gasteiger partial charge >= 0.3 is 0 Å². The minimum absolute atomic E-state index is 0.629. The van der Waals surface area contributed by atoms with E-state index in [1.807, 2.05) is 42.5 Å². The van der Waals surface area contributed by atoms with Crippen LogP contribution in [0.15, 0.2) is 73.1 Å². The van der Waals surface area contributed by atoms with Crippen LogP contribution >= 0.6 is 0 Å². The molecule has 8 heteroatoms. The molecule has 1 N–H and O–H groups in total. The van der Waals surface area contributed by atoms with Gasteiger partial charge in [-0.3, -0.25) is 4.98 Å². The minimum Gasteiger partial charge on any atom is -0.495 e. The summed E-state index contributed by atoms with van der Waals surface area (Å²) in [5.74, 6) is 3.60. The zero-order chi connectivity index (χ0) is 26.3. The van der Waals surface area contributed by atoms with E-state index in [-0.39, 0.29) is 0 Å². The largest absolute Gasteiger partial charge is 0.495 e. The smallest absolute Gasteiger partial charge is 0.161 e. The van der Waals surface area contributed by atoms with Crippen LogP contribution in [0.5, 0.6) is 17.2 Å². The molecular weight excluding hydrogens is 476 g/mol. The number of unbranched alkanes of at least 4 members (excludes halogenated alkanes) is 3. The Hall–Kier alpha value is -4.46. The highest BCUT2D eigenvalue weighted by Crippen LogP contribution is 2.32. The molecule has 38 heavy (non-hydrogen) atoms. The number of anilines is 3. The van der Waals surface area contributed by atoms with Gasteiger partial charge in [0.2, 0.25) is 0 Å². The van der Waals surface area contributed by atoms with Gasteiger partial charge in [0.25, 0.3) is 0 Å². The average molecular weight is 509 g/mol. The van der Waals surface area contributed by atoms with Crippen LogP contribution in [0, 0.1) is 0 Å². The predicted octanol–water partition coefficient (Wildman–Crippen LogP) is 7.13. The molecule has 0 aliphatic carbocycles. The molecule has 0 atom stereocenters. The van der Waals surface area contributed by atoms with Crippen LogP contribution in [0.3, 0.4) is 0 Å². The molecule has 0 bridgehead atoms. The molecule has 2 aromatic carbocycles. The Morgan fingerprint density at radius 3 is 2.47 bits per heavy atom. The van der Waals surface area contributed by atoms with Crippen LogP contribution in [-0.4, -0.2) is 40.9 Å². The van der Waals surface area contributed by atoms with Crippen LogP contribution in [0.1, 0.15) is 32.6 Å². The van der Waals surface area contributed by atoms with E-state index >= 15 is 0 Å². The van der Waals surface area contributed by atoms with Crippen LogP contribution in [0.4, 0.5) is 17.3 Å². The first kappa shape index (κ1) is 25.2. The van der Waals surface area contributed by atoms with Crippen molar-refractivity contribution in [2.24, 2.45) is 0 Å². The number of aromatic nitrogens is 4. The second kappa shape index (κ2) is 11.7. The monoisotopic (exact) mass is 508 g/mol. The SMILES string of the molecule is CCCCCCN(C)c1nnc(Nc2ccc(Oc3ccnc4cc(OC)cnc34)cc2)c2ccccc12. The summed E-state index contributed by atoms with van der Waals surface area (Å²) in [6.07, 6.45) is 8.23. The third-order valence-corrected chi connectivity index (χ3v) is 6.47. The standard InChI is InChI=1S/C30H32N6O2/c1-4-5-6-9-18-36(2)30-25-11-8-7-10-24(25)29(34-35-30)33-21-12-14-22(15-13-21)38-27-16-17-31-26-19-23(37-3)20-32-28(26)27/h7-8,10-17,19-20H,4-6,9,18H2,1-3H3,(H,33,34). The van der Waals surface area contributed by atoms with Crippen LogP contribution < -0.4 is 19.7 Å². The van der Waals surface area contributed by atoms with Crippen molar-refractivity contribution in [1.82, 2.24) is 20.2 Å². The lowest BCUT2D eigenvalue weighted by atomic mass is 10.1. The number of benzene rings is 2. The van der Waals surface area contributed by atoms with E-state index in [2.05, 4.69) is 56.5 Å². The third kappa shape index (κ3) is 5.59. The van der Waals surface area contributed by atoms with Gasteiger partial charge in [0.05, 0.1) is 18.8 Å². The number of nitrogens with one attached hydrogen (secondary N) is 1. The van der Waals surface area contributed by atoms with Crippen molar-refractivity contribution in [2.45, 2.75) is 32.6 Å². The van der Waals surface area contributed by atoms with E-state index in [9.17, 15) is 0 Å². The van der Waals surface area contributed by atoms with E-state index in [4.69, 9.17) is 9.47 Å². The maximum atomic E-state index is 6.13. The molecule has 0 spiro atoms. The summed E-state index contributed by atoms with van der Waals surface area (Å²) < 4.78 is 11.4. The normalized spacial score (nSPS) is 11.0. The van der Waals surface area contributed by atoms with Crippen LogP contribution in [-0.2, 0) is 0 Å². The summed E-state index contributed by atoms with van der Waals surface area (Å²) >= 11 is 0. The van der Waals surface area contributed by atoms with Gasteiger partial charge in [0.1, 0.15) is 17.0 Å². The van der Waals surface area contributed by atoms with Crippen molar-refractivity contribution in [1.29, 1.82) is 0 Å². The van der Waals surface area contributed by atoms with Gasteiger partial charge < -0.3 is 19.7 Å². The summed E-state index contributed by atoms with van der Waals surface area (Å²) in [5.41, 5.74) is 2.27. The Labute approximate surface area is 222 Å². The molecule has 0 aliphatic heterocycles. The number of pyridine rings is 2. The highest BCUT2D eigenvalue weighted by atomic mass is 16.5. The maximum Gasteiger partial charge on any atom is 0.161 e. The van der Waals surface area contributed by atoms with Crippen LogP contribution in [0.25, 0.3) is 21.8 Å². The molecule has 0 aliphatic rings. The van der Waals surface area contributed by atoms with Gasteiger partial charge in [0.15, 0.2) is 17.4 Å². The average Bonchev–Trinajstić information content (AvgIpc) is 2.96. The first-order valence-corrected chi connectivity index (χ1v) is 13.0. The van der Waals surface area contributed by atoms with E-state index < -0.39 is 0 Å². The van der Waals surface area contributed by atoms with Crippen molar-refractivity contribution in [2.75, 3.05) is 30.9 Å². The van der Waals surface area contributed by atoms with Gasteiger partial charge in [-0.2, -0.15) is 0 Å². The van der Waals surface area contributed by atoms with Gasteiger partial charge in [-0.05, 0) is 30.7 Å². The molecule has 0 unspecified atom stereocenters. The lowest BCUT2D eigenvalue weighted by Gasteiger charge is -2.20. The molecule has 3 aromatic heterocycles. The number of fused-ring (bicyclic) bond motifs is 2. The zero-order valence-corrected chi connectivity index (χ0v) is 22.0. The Morgan fingerprint density at radius 1 is 0.868 bits per heavy atom. The second-order valence-corrected chi connectivity index (χ2v) is 9.20. The number of methoxy groups -OCH3 is 1. The third-order valence-electron chi connectivity index (χ3n) is 6.47. The molecule has 5 aromatic rings. The van der Waals surface area contributed by atoms with Gasteiger partial charge in [0, 0.05) is 48.4 Å². The second-order valence-electron chi connectivity index (χ2n) is 9.20. The highest BCUT2D eigenvalue weighted by Gasteiger charge is 2.13. The highest BCUT2D eigenvalue weighted by molar-refractivity contribution is 5.99. The van der Waals surface area contributed by atoms with Crippen molar-refractivity contribution < 1.29 is 9.47 Å². The zero-order valence-electron chi connectivity index (χ0n) is 22.0. The molecule has 0 saturated carbocycles. The van der Waals surface area contributed by atoms with Crippen molar-refractivity contribution >= 4 is 39.1 Å². The maximum absolute atomic E-state index is 6.13. The Balaban J connectivity index is 1.32. The quantitative estimate of drug-likeness (QED) is 0.189. The molecule has 0 saturated heterocycles. The van der Waals surface area contributed by atoms with E-state index in [1.54, 1.807) is 25.6 Å². The fraction of sp³-hybridized carbons (Fsp3) is 0.267. The van der Waals surface area contributed by atoms with Crippen molar-refractivity contribution in [3.8, 4) is 17.2 Å². The van der Waals surface area contributed by atoms with Crippen molar-refractivity contribution in [3.63, 3.8) is 0 Å². The van der Waals surface area contributed by atoms with Crippen LogP contribution in [0.2, 0.25) is 0 Å². The topological polar surface area (TPSA) is 85.3 Å². The predicted molar refractivity (Wildman–Crippen MR) is 153 cm³/mol. The Kier molecular flexibility index (Phi) is 7.78. The molecule has 0 amide bonds. The molecule has 194 valence electrons. The first-order valence-electron chi connectivity index (χ1n) is 13.0. The summed E-state index contributed by atoms with van der Waals surface area (Å²) in [5, 5.41) is 14.7. The van der Waals surface area contributed by atoms with Gasteiger partial charge in [-0.1, -0.05) is 50.5 Å². The number of nitrogens with zero attached hydrogens (tertiary/aromatic N) is 5. The minimum atomic E-state index is 0.629. The Bertz CT molecular complexity index is 1520. The van der Waals surface area contributed by atoms with E-state index in [1.165, 1.54) is 19.3 Å². The number of ether oxygens (including phenoxy) is 2. The molecule has 5 rings (SSSR count). The molecule has 8 nitrogen and oxygen atoms in total. The number of rotatable bonds is 11. The van der Waals surface area contributed by atoms with E-state index in [0.29, 0.717) is 28.3 Å². The lowest BCUT2D eigenvalue weighted by Crippen LogP contribution is -2.20. The summed E-state index contributed by atoms with van der Waals surface area (Å²) in [6.45, 7) is 3.19. The molecular formula is C30H32N6O2. The number of hydrogen-bond donors (Lipinski definition) is 1. The van der Waals surface area contributed by atoms with Crippen molar-refractivity contribution in [3.05, 3.63) is 73.1 Å². The number of hydrogen-bond acceptors (Lipinski definition) is 8. The van der Waals surface area contributed by atoms with E-state index in [0.717, 1.165) is 41.1 Å². The fourth-order valence-corrected chi connectivity index (χ4v) is 4.40. The summed E-state index contributed by atoms with van der Waals surface area (Å²) in [6, 6.07) is 19.6. The van der Waals surface area contributed by atoms with Gasteiger partial charge in [-0.25, -0.2) is 4.98 Å². The molecule has 3 heterocycles. The summed E-state index contributed by atoms with van der Waals surface area (Å²) in [4.78, 5) is 11.0.